The van der Waals surface area contributed by atoms with E-state index in [-0.39, 0.29) is 17.8 Å². The molecule has 6 heteroatoms. The Bertz CT molecular complexity index is 6550. The first-order chi connectivity index (χ1) is 54.5. The number of rotatable bonds is 10. The topological polar surface area (TPSA) is 70.0 Å². The Morgan fingerprint density at radius 3 is 1.52 bits per heavy atom. The van der Waals surface area contributed by atoms with Gasteiger partial charge in [-0.05, 0) is 140 Å². The van der Waals surface area contributed by atoms with Crippen LogP contribution in [-0.4, -0.2) is 19.9 Å². The standard InChI is InChI=1S/C104H70N4O2/c1-3-25-65(26-4-1)67-51-54-69(55-52-67)94-64-96(108-102(106-94)76-34-22-32-72(61-76)78-40-23-47-90-99(78)109-97-49-19-17-45-88(97)103(90)85-42-14-11-36-80(85)81-37-12-15-43-86(81)103)84-39-10-9-35-77(84)73-57-58-83-82-38-13-16-44-87(82)104(92(83)62-73)89-46-18-20-50-98(89)110-100-79(41-24-48-91(100)104)71-31-21-33-75(60-71)101-105-93(68-28-5-2-6-29-68)63-95(107-101)74-56-53-66-27-7-8-30-70(66)59-74/h1-14,16-42,44-61,63-64,73,83,92H,15,43,62H2. The molecule has 4 aliphatic carbocycles. The van der Waals surface area contributed by atoms with Gasteiger partial charge in [-0.3, -0.25) is 0 Å². The highest BCUT2D eigenvalue weighted by Crippen LogP contribution is 2.68. The third-order valence-electron chi connectivity index (χ3n) is 24.3. The molecule has 5 unspecified atom stereocenters. The molecule has 0 radical (unpaired) electrons. The Kier molecular flexibility index (Phi) is 14.7. The largest absolute Gasteiger partial charge is 0.456 e. The molecule has 14 aromatic carbocycles. The van der Waals surface area contributed by atoms with Gasteiger partial charge in [-0.1, -0.05) is 328 Å². The molecule has 2 aromatic heterocycles. The lowest BCUT2D eigenvalue weighted by molar-refractivity contribution is 0.301. The average Bonchev–Trinajstić information content (AvgIpc) is 1.49. The molecule has 4 heterocycles. The SMILES string of the molecule is C1=CC2=C(CC1)C1(c3ccccc3Oc3c(-c4cccc(-c5nc(-c6ccc(-c7ccccc7)cc6)cc(-c6ccccc6C6C=CC7c8ccccc8C8(c9ccccc9Oc9c(-c%10cccc(-c%11nc(-c%12ccccc%12)cc(-c%12ccc%13ccccc%13c%12)n%11)c%10)cccc98)C7C6)n5)c4)cccc31)c1ccccc12. The van der Waals surface area contributed by atoms with Gasteiger partial charge >= 0.3 is 0 Å². The summed E-state index contributed by atoms with van der Waals surface area (Å²) < 4.78 is 14.7. The van der Waals surface area contributed by atoms with E-state index in [1.54, 1.807) is 0 Å². The van der Waals surface area contributed by atoms with Gasteiger partial charge in [0.15, 0.2) is 11.6 Å². The van der Waals surface area contributed by atoms with Crippen molar-refractivity contribution in [2.45, 2.75) is 41.9 Å². The minimum absolute atomic E-state index is 0.000514. The fourth-order valence-electron chi connectivity index (χ4n) is 19.5. The third-order valence-corrected chi connectivity index (χ3v) is 24.3. The first-order valence-electron chi connectivity index (χ1n) is 38.4. The van der Waals surface area contributed by atoms with Crippen molar-refractivity contribution in [2.75, 3.05) is 0 Å². The smallest absolute Gasteiger partial charge is 0.160 e. The second-order valence-electron chi connectivity index (χ2n) is 30.0. The molecule has 0 saturated carbocycles. The van der Waals surface area contributed by atoms with Gasteiger partial charge in [0.25, 0.3) is 0 Å². The van der Waals surface area contributed by atoms with Gasteiger partial charge in [0.2, 0.25) is 0 Å². The maximum absolute atomic E-state index is 7.44. The van der Waals surface area contributed by atoms with E-state index in [4.69, 9.17) is 29.4 Å². The number of fused-ring (bicyclic) bond motifs is 18. The highest BCUT2D eigenvalue weighted by Gasteiger charge is 2.59. The van der Waals surface area contributed by atoms with E-state index in [1.165, 1.54) is 61.0 Å². The van der Waals surface area contributed by atoms with Crippen molar-refractivity contribution in [3.63, 3.8) is 0 Å². The van der Waals surface area contributed by atoms with Crippen molar-refractivity contribution < 1.29 is 9.47 Å². The lowest BCUT2D eigenvalue weighted by Gasteiger charge is -2.46. The zero-order chi connectivity index (χ0) is 72.4. The van der Waals surface area contributed by atoms with Gasteiger partial charge < -0.3 is 9.47 Å². The number of hydrogen-bond acceptors (Lipinski definition) is 6. The van der Waals surface area contributed by atoms with Crippen LogP contribution >= 0.6 is 0 Å². The molecule has 0 N–H and O–H groups in total. The highest BCUT2D eigenvalue weighted by atomic mass is 16.5. The number of hydrogen-bond donors (Lipinski definition) is 0. The summed E-state index contributed by atoms with van der Waals surface area (Å²) in [6.45, 7) is 0. The second kappa shape index (κ2) is 25.5. The van der Waals surface area contributed by atoms with Crippen molar-refractivity contribution >= 4 is 16.3 Å². The summed E-state index contributed by atoms with van der Waals surface area (Å²) in [4.78, 5) is 22.1. The molecule has 0 fully saturated rings. The lowest BCUT2D eigenvalue weighted by Crippen LogP contribution is -2.39. The number of nitrogens with zero attached hydrogens (tertiary/aromatic N) is 4. The summed E-state index contributed by atoms with van der Waals surface area (Å²) in [5.74, 6) is 4.98. The maximum Gasteiger partial charge on any atom is 0.160 e. The molecule has 110 heavy (non-hydrogen) atoms. The molecule has 0 bridgehead atoms. The molecule has 5 atom stereocenters. The molecule has 6 nitrogen and oxygen atoms in total. The van der Waals surface area contributed by atoms with Crippen molar-refractivity contribution in [1.29, 1.82) is 0 Å². The summed E-state index contributed by atoms with van der Waals surface area (Å²) in [7, 11) is 0. The van der Waals surface area contributed by atoms with E-state index in [9.17, 15) is 0 Å². The minimum Gasteiger partial charge on any atom is -0.456 e. The average molecular weight is 1410 g/mol. The summed E-state index contributed by atoms with van der Waals surface area (Å²) >= 11 is 0. The van der Waals surface area contributed by atoms with E-state index < -0.39 is 10.8 Å². The van der Waals surface area contributed by atoms with Gasteiger partial charge in [-0.25, -0.2) is 19.9 Å². The van der Waals surface area contributed by atoms with Crippen LogP contribution in [0.2, 0.25) is 0 Å². The summed E-state index contributed by atoms with van der Waals surface area (Å²) in [5.41, 5.74) is 28.6. The molecule has 16 aromatic rings. The van der Waals surface area contributed by atoms with Gasteiger partial charge in [-0.2, -0.15) is 0 Å². The molecule has 2 aliphatic heterocycles. The fraction of sp³-hybridized carbons (Fsp3) is 0.0769. The van der Waals surface area contributed by atoms with Gasteiger partial charge in [-0.15, -0.1) is 0 Å². The first-order valence-corrected chi connectivity index (χ1v) is 38.4. The molecule has 0 saturated heterocycles. The molecule has 518 valence electrons. The summed E-state index contributed by atoms with van der Waals surface area (Å²) in [6, 6.07) is 125. The second-order valence-corrected chi connectivity index (χ2v) is 30.0. The van der Waals surface area contributed by atoms with Crippen LogP contribution in [0.15, 0.2) is 376 Å². The predicted molar refractivity (Wildman–Crippen MR) is 444 cm³/mol. The van der Waals surface area contributed by atoms with Crippen molar-refractivity contribution in [3.8, 4) is 124 Å². The normalized spacial score (nSPS) is 18.5. The highest BCUT2D eigenvalue weighted by molar-refractivity contribution is 5.95. The molecular weight excluding hydrogens is 1340 g/mol. The van der Waals surface area contributed by atoms with E-state index in [0.29, 0.717) is 11.6 Å². The van der Waals surface area contributed by atoms with E-state index in [2.05, 4.69) is 364 Å². The number of benzene rings is 14. The molecule has 6 aliphatic rings. The van der Waals surface area contributed by atoms with Crippen molar-refractivity contribution in [2.24, 2.45) is 5.92 Å². The first kappa shape index (κ1) is 63.6. The van der Waals surface area contributed by atoms with Crippen LogP contribution in [0.5, 0.6) is 23.0 Å². The zero-order valence-corrected chi connectivity index (χ0v) is 60.2. The van der Waals surface area contributed by atoms with Crippen LogP contribution in [0.4, 0.5) is 0 Å². The monoisotopic (exact) mass is 1410 g/mol. The molecular formula is C104H70N4O2. The molecule has 2 spiro atoms. The number of ether oxygens (including phenoxy) is 2. The van der Waals surface area contributed by atoms with E-state index >= 15 is 0 Å². The van der Waals surface area contributed by atoms with Crippen LogP contribution in [0.25, 0.3) is 118 Å². The van der Waals surface area contributed by atoms with Gasteiger partial charge in [0.1, 0.15) is 23.0 Å². The third kappa shape index (κ3) is 9.95. The Morgan fingerprint density at radius 2 is 0.791 bits per heavy atom. The molecule has 22 rings (SSSR count). The maximum atomic E-state index is 7.44. The van der Waals surface area contributed by atoms with Crippen molar-refractivity contribution in [3.05, 3.63) is 426 Å². The lowest BCUT2D eigenvalue weighted by atomic mass is 9.58. The van der Waals surface area contributed by atoms with Crippen molar-refractivity contribution in [1.82, 2.24) is 19.9 Å². The Balaban J connectivity index is 0.661. The quantitative estimate of drug-likeness (QED) is 0.127. The van der Waals surface area contributed by atoms with Crippen LogP contribution in [-0.2, 0) is 10.8 Å². The summed E-state index contributed by atoms with van der Waals surface area (Å²) in [6.07, 6.45) is 12.5. The Labute approximate surface area is 639 Å². The van der Waals surface area contributed by atoms with Gasteiger partial charge in [0.05, 0.1) is 33.6 Å². The number of aromatic nitrogens is 4. The van der Waals surface area contributed by atoms with Crippen LogP contribution in [0, 0.1) is 5.92 Å². The van der Waals surface area contributed by atoms with Crippen LogP contribution < -0.4 is 9.47 Å². The van der Waals surface area contributed by atoms with E-state index in [1.807, 2.05) is 6.07 Å². The zero-order valence-electron chi connectivity index (χ0n) is 60.2. The van der Waals surface area contributed by atoms with Gasteiger partial charge in [0, 0.05) is 78.6 Å². The minimum atomic E-state index is -0.604. The Hall–Kier alpha value is -13.7. The number of para-hydroxylation sites is 4. The molecule has 0 amide bonds. The van der Waals surface area contributed by atoms with Crippen LogP contribution in [0.1, 0.15) is 81.2 Å². The van der Waals surface area contributed by atoms with Crippen LogP contribution in [0.3, 0.4) is 0 Å². The number of allylic oxidation sites excluding steroid dienone is 6. The summed E-state index contributed by atoms with van der Waals surface area (Å²) in [5, 5.41) is 2.35. The fourth-order valence-corrected chi connectivity index (χ4v) is 19.5. The van der Waals surface area contributed by atoms with E-state index in [0.717, 1.165) is 143 Å². The Morgan fingerprint density at radius 1 is 0.309 bits per heavy atom. The predicted octanol–water partition coefficient (Wildman–Crippen LogP) is 25.9.